The van der Waals surface area contributed by atoms with E-state index in [-0.39, 0.29) is 0 Å². The molecule has 2 heteroatoms. The zero-order chi connectivity index (χ0) is 14.2. The van der Waals surface area contributed by atoms with Gasteiger partial charge in [-0.25, -0.2) is 0 Å². The molecule has 4 aromatic rings. The second-order valence-electron chi connectivity index (χ2n) is 5.48. The first kappa shape index (κ1) is 12.2. The number of fused-ring (bicyclic) bond motifs is 3. The number of rotatable bonds is 2. The first-order valence-electron chi connectivity index (χ1n) is 7.19. The Morgan fingerprint density at radius 1 is 0.857 bits per heavy atom. The second kappa shape index (κ2) is 4.74. The van der Waals surface area contributed by atoms with Crippen LogP contribution in [0.15, 0.2) is 67.0 Å². The van der Waals surface area contributed by atoms with Gasteiger partial charge in [0.05, 0.1) is 11.7 Å². The zero-order valence-electron chi connectivity index (χ0n) is 12.0. The SMILES string of the molecule is Cc1ccc(Cn2c3ccccc3c3ccncc32)cc1. The molecule has 0 spiro atoms. The average molecular weight is 272 g/mol. The molecular weight excluding hydrogens is 256 g/mol. The molecule has 0 atom stereocenters. The van der Waals surface area contributed by atoms with Crippen LogP contribution in [0.3, 0.4) is 0 Å². The maximum Gasteiger partial charge on any atom is 0.0680 e. The van der Waals surface area contributed by atoms with E-state index in [1.165, 1.54) is 32.9 Å². The molecule has 2 aromatic heterocycles. The molecule has 2 heterocycles. The topological polar surface area (TPSA) is 17.8 Å². The van der Waals surface area contributed by atoms with Crippen LogP contribution in [0.5, 0.6) is 0 Å². The molecule has 0 saturated carbocycles. The van der Waals surface area contributed by atoms with Gasteiger partial charge in [-0.05, 0) is 24.6 Å². The molecule has 0 aliphatic rings. The Morgan fingerprint density at radius 2 is 1.62 bits per heavy atom. The van der Waals surface area contributed by atoms with Crippen LogP contribution in [0.1, 0.15) is 11.1 Å². The Morgan fingerprint density at radius 3 is 2.48 bits per heavy atom. The van der Waals surface area contributed by atoms with Gasteiger partial charge in [-0.2, -0.15) is 0 Å². The molecule has 0 amide bonds. The fraction of sp³-hybridized carbons (Fsp3) is 0.105. The van der Waals surface area contributed by atoms with E-state index in [0.717, 1.165) is 6.54 Å². The Labute approximate surface area is 123 Å². The van der Waals surface area contributed by atoms with Gasteiger partial charge in [0.2, 0.25) is 0 Å². The summed E-state index contributed by atoms with van der Waals surface area (Å²) in [6, 6.07) is 19.4. The van der Waals surface area contributed by atoms with Gasteiger partial charge in [0.1, 0.15) is 0 Å². The van der Waals surface area contributed by atoms with Crippen molar-refractivity contribution in [2.75, 3.05) is 0 Å². The lowest BCUT2D eigenvalue weighted by atomic mass is 10.1. The zero-order valence-corrected chi connectivity index (χ0v) is 12.0. The van der Waals surface area contributed by atoms with E-state index in [1.54, 1.807) is 0 Å². The molecule has 0 aliphatic heterocycles. The highest BCUT2D eigenvalue weighted by atomic mass is 15.0. The lowest BCUT2D eigenvalue weighted by molar-refractivity contribution is 0.866. The van der Waals surface area contributed by atoms with E-state index < -0.39 is 0 Å². The minimum absolute atomic E-state index is 0.871. The molecule has 0 aliphatic carbocycles. The molecule has 0 fully saturated rings. The van der Waals surface area contributed by atoms with Crippen molar-refractivity contribution in [2.24, 2.45) is 0 Å². The summed E-state index contributed by atoms with van der Waals surface area (Å²) in [5.74, 6) is 0. The van der Waals surface area contributed by atoms with E-state index in [9.17, 15) is 0 Å². The van der Waals surface area contributed by atoms with Crippen LogP contribution in [0.25, 0.3) is 21.8 Å². The van der Waals surface area contributed by atoms with E-state index in [1.807, 2.05) is 12.4 Å². The number of aromatic nitrogens is 2. The van der Waals surface area contributed by atoms with Crippen LogP contribution >= 0.6 is 0 Å². The summed E-state index contributed by atoms with van der Waals surface area (Å²) in [5, 5.41) is 2.56. The van der Waals surface area contributed by atoms with Crippen molar-refractivity contribution >= 4 is 21.8 Å². The highest BCUT2D eigenvalue weighted by molar-refractivity contribution is 6.07. The van der Waals surface area contributed by atoms with Crippen molar-refractivity contribution in [1.82, 2.24) is 9.55 Å². The van der Waals surface area contributed by atoms with Crippen LogP contribution in [0.4, 0.5) is 0 Å². The number of nitrogens with zero attached hydrogens (tertiary/aromatic N) is 2. The van der Waals surface area contributed by atoms with Crippen molar-refractivity contribution in [3.8, 4) is 0 Å². The fourth-order valence-electron chi connectivity index (χ4n) is 2.94. The van der Waals surface area contributed by atoms with Crippen molar-refractivity contribution < 1.29 is 0 Å². The normalized spacial score (nSPS) is 11.3. The van der Waals surface area contributed by atoms with Crippen LogP contribution < -0.4 is 0 Å². The summed E-state index contributed by atoms with van der Waals surface area (Å²) in [6.45, 7) is 2.99. The second-order valence-corrected chi connectivity index (χ2v) is 5.48. The maximum absolute atomic E-state index is 4.30. The van der Waals surface area contributed by atoms with Gasteiger partial charge in [0.25, 0.3) is 0 Å². The van der Waals surface area contributed by atoms with Crippen LogP contribution in [0.2, 0.25) is 0 Å². The molecule has 0 radical (unpaired) electrons. The van der Waals surface area contributed by atoms with Crippen molar-refractivity contribution in [2.45, 2.75) is 13.5 Å². The Bertz CT molecular complexity index is 864. The highest BCUT2D eigenvalue weighted by Gasteiger charge is 2.10. The van der Waals surface area contributed by atoms with Gasteiger partial charge in [-0.3, -0.25) is 4.98 Å². The van der Waals surface area contributed by atoms with Crippen LogP contribution in [-0.4, -0.2) is 9.55 Å². The molecule has 0 unspecified atom stereocenters. The summed E-state index contributed by atoms with van der Waals surface area (Å²) in [6.07, 6.45) is 3.83. The minimum Gasteiger partial charge on any atom is -0.335 e. The predicted molar refractivity (Wildman–Crippen MR) is 87.5 cm³/mol. The number of benzene rings is 2. The third-order valence-corrected chi connectivity index (χ3v) is 4.04. The summed E-state index contributed by atoms with van der Waals surface area (Å²) >= 11 is 0. The standard InChI is InChI=1S/C19H16N2/c1-14-6-8-15(9-7-14)13-21-18-5-3-2-4-16(18)17-10-11-20-12-19(17)21/h2-12H,13H2,1H3. The average Bonchev–Trinajstić information content (AvgIpc) is 2.85. The van der Waals surface area contributed by atoms with Crippen molar-refractivity contribution in [3.63, 3.8) is 0 Å². The minimum atomic E-state index is 0.871. The third-order valence-electron chi connectivity index (χ3n) is 4.04. The van der Waals surface area contributed by atoms with Gasteiger partial charge in [0, 0.05) is 29.0 Å². The van der Waals surface area contributed by atoms with Crippen molar-refractivity contribution in [3.05, 3.63) is 78.1 Å². The van der Waals surface area contributed by atoms with Gasteiger partial charge in [-0.15, -0.1) is 0 Å². The quantitative estimate of drug-likeness (QED) is 0.523. The molecule has 21 heavy (non-hydrogen) atoms. The monoisotopic (exact) mass is 272 g/mol. The number of para-hydroxylation sites is 1. The van der Waals surface area contributed by atoms with Crippen molar-refractivity contribution in [1.29, 1.82) is 0 Å². The van der Waals surface area contributed by atoms with Gasteiger partial charge < -0.3 is 4.57 Å². The third kappa shape index (κ3) is 2.00. The molecule has 0 saturated heterocycles. The first-order valence-corrected chi connectivity index (χ1v) is 7.19. The molecular formula is C19H16N2. The Balaban J connectivity index is 1.95. The van der Waals surface area contributed by atoms with E-state index in [4.69, 9.17) is 0 Å². The van der Waals surface area contributed by atoms with Gasteiger partial charge in [0.15, 0.2) is 0 Å². The van der Waals surface area contributed by atoms with E-state index in [2.05, 4.69) is 71.1 Å². The van der Waals surface area contributed by atoms with Gasteiger partial charge >= 0.3 is 0 Å². The number of aryl methyl sites for hydroxylation is 1. The summed E-state index contributed by atoms with van der Waals surface area (Å²) < 4.78 is 2.35. The molecule has 2 aromatic carbocycles. The maximum atomic E-state index is 4.30. The number of hydrogen-bond acceptors (Lipinski definition) is 1. The lowest BCUT2D eigenvalue weighted by Crippen LogP contribution is -1.99. The van der Waals surface area contributed by atoms with E-state index >= 15 is 0 Å². The number of pyridine rings is 1. The van der Waals surface area contributed by atoms with E-state index in [0.29, 0.717) is 0 Å². The predicted octanol–water partition coefficient (Wildman–Crippen LogP) is 4.55. The number of hydrogen-bond donors (Lipinski definition) is 0. The molecule has 2 nitrogen and oxygen atoms in total. The summed E-state index contributed by atoms with van der Waals surface area (Å²) in [7, 11) is 0. The van der Waals surface area contributed by atoms with Crippen LogP contribution in [-0.2, 0) is 6.54 Å². The first-order chi connectivity index (χ1) is 10.3. The largest absolute Gasteiger partial charge is 0.335 e. The molecule has 4 rings (SSSR count). The molecule has 0 N–H and O–H groups in total. The molecule has 0 bridgehead atoms. The Kier molecular flexibility index (Phi) is 2.74. The smallest absolute Gasteiger partial charge is 0.0680 e. The summed E-state index contributed by atoms with van der Waals surface area (Å²) in [5.41, 5.74) is 5.06. The Hall–Kier alpha value is -2.61. The van der Waals surface area contributed by atoms with Gasteiger partial charge in [-0.1, -0.05) is 48.0 Å². The lowest BCUT2D eigenvalue weighted by Gasteiger charge is -2.07. The molecule has 102 valence electrons. The summed E-state index contributed by atoms with van der Waals surface area (Å²) in [4.78, 5) is 4.30. The fourth-order valence-corrected chi connectivity index (χ4v) is 2.94. The van der Waals surface area contributed by atoms with Crippen LogP contribution in [0, 0.1) is 6.92 Å². The highest BCUT2D eigenvalue weighted by Crippen LogP contribution is 2.28.